The van der Waals surface area contributed by atoms with E-state index in [1.54, 1.807) is 0 Å². The number of benzene rings is 2. The molecule has 0 saturated carbocycles. The minimum absolute atomic E-state index is 0.674. The van der Waals surface area contributed by atoms with Gasteiger partial charge in [-0.25, -0.2) is 0 Å². The Bertz CT molecular complexity index is 625. The highest BCUT2D eigenvalue weighted by Gasteiger charge is 2.45. The number of rotatable bonds is 4. The van der Waals surface area contributed by atoms with E-state index < -0.39 is 0 Å². The Kier molecular flexibility index (Phi) is 4.19. The molecule has 2 saturated heterocycles. The number of hydrogen-bond donors (Lipinski definition) is 0. The van der Waals surface area contributed by atoms with Crippen molar-refractivity contribution in [2.24, 2.45) is 11.8 Å². The van der Waals surface area contributed by atoms with Gasteiger partial charge in [-0.2, -0.15) is 0 Å². The second-order valence-electron chi connectivity index (χ2n) is 7.32. The molecule has 120 valence electrons. The molecule has 2 nitrogen and oxygen atoms in total. The maximum atomic E-state index is 2.74. The van der Waals surface area contributed by atoms with Crippen LogP contribution in [0.4, 0.5) is 0 Å². The molecule has 2 heterocycles. The van der Waals surface area contributed by atoms with E-state index in [1.807, 2.05) is 0 Å². The van der Waals surface area contributed by atoms with E-state index >= 15 is 0 Å². The molecule has 4 rings (SSSR count). The van der Waals surface area contributed by atoms with Crippen molar-refractivity contribution < 1.29 is 0 Å². The van der Waals surface area contributed by atoms with Crippen LogP contribution in [0.2, 0.25) is 0 Å². The summed E-state index contributed by atoms with van der Waals surface area (Å²) < 4.78 is 0. The second kappa shape index (κ2) is 6.46. The van der Waals surface area contributed by atoms with E-state index in [9.17, 15) is 0 Å². The molecule has 0 aliphatic carbocycles. The Hall–Kier alpha value is -1.64. The number of hydrogen-bond acceptors (Lipinski definition) is 2. The third-order valence-electron chi connectivity index (χ3n) is 5.62. The molecule has 0 spiro atoms. The molecule has 2 aromatic rings. The van der Waals surface area contributed by atoms with Crippen molar-refractivity contribution in [2.75, 3.05) is 26.7 Å². The van der Waals surface area contributed by atoms with Gasteiger partial charge in [0, 0.05) is 32.2 Å². The smallest absolute Gasteiger partial charge is 0.0237 e. The summed E-state index contributed by atoms with van der Waals surface area (Å²) in [6.07, 6.45) is 1.18. The lowest BCUT2D eigenvalue weighted by atomic mass is 9.90. The second-order valence-corrected chi connectivity index (χ2v) is 7.32. The van der Waals surface area contributed by atoms with Crippen LogP contribution in [-0.2, 0) is 13.0 Å². The summed E-state index contributed by atoms with van der Waals surface area (Å²) >= 11 is 0. The first-order valence-corrected chi connectivity index (χ1v) is 8.80. The van der Waals surface area contributed by atoms with Crippen LogP contribution in [0.1, 0.15) is 11.1 Å². The average Bonchev–Trinajstić information content (AvgIpc) is 3.07. The molecule has 0 unspecified atom stereocenters. The topological polar surface area (TPSA) is 6.48 Å². The van der Waals surface area contributed by atoms with Crippen LogP contribution >= 0.6 is 0 Å². The highest BCUT2D eigenvalue weighted by atomic mass is 15.2. The van der Waals surface area contributed by atoms with Gasteiger partial charge >= 0.3 is 0 Å². The van der Waals surface area contributed by atoms with Gasteiger partial charge < -0.3 is 4.90 Å². The molecule has 0 N–H and O–H groups in total. The minimum Gasteiger partial charge on any atom is -0.306 e. The van der Waals surface area contributed by atoms with Gasteiger partial charge in [0.2, 0.25) is 0 Å². The highest BCUT2D eigenvalue weighted by Crippen LogP contribution is 2.37. The van der Waals surface area contributed by atoms with Crippen LogP contribution in [0.3, 0.4) is 0 Å². The first-order valence-electron chi connectivity index (χ1n) is 8.80. The van der Waals surface area contributed by atoms with E-state index in [4.69, 9.17) is 0 Å². The van der Waals surface area contributed by atoms with Crippen molar-refractivity contribution in [3.05, 3.63) is 71.8 Å². The molecule has 2 aliphatic heterocycles. The molecule has 2 aliphatic rings. The maximum absolute atomic E-state index is 2.74. The monoisotopic (exact) mass is 306 g/mol. The van der Waals surface area contributed by atoms with Gasteiger partial charge in [0.25, 0.3) is 0 Å². The Balaban J connectivity index is 1.54. The van der Waals surface area contributed by atoms with E-state index in [1.165, 1.54) is 37.2 Å². The summed E-state index contributed by atoms with van der Waals surface area (Å²) in [5.74, 6) is 1.67. The first-order chi connectivity index (χ1) is 11.3. The zero-order valence-corrected chi connectivity index (χ0v) is 13.9. The molecule has 0 aromatic heterocycles. The lowest BCUT2D eigenvalue weighted by Crippen LogP contribution is -2.37. The summed E-state index contributed by atoms with van der Waals surface area (Å²) in [6.45, 7) is 4.87. The van der Waals surface area contributed by atoms with Gasteiger partial charge in [0.15, 0.2) is 0 Å². The van der Waals surface area contributed by atoms with Crippen LogP contribution < -0.4 is 0 Å². The molecule has 3 atom stereocenters. The third kappa shape index (κ3) is 3.19. The highest BCUT2D eigenvalue weighted by molar-refractivity contribution is 5.19. The fourth-order valence-electron chi connectivity index (χ4n) is 4.59. The Morgan fingerprint density at radius 2 is 1.48 bits per heavy atom. The summed E-state index contributed by atoms with van der Waals surface area (Å²) in [7, 11) is 2.28. The Labute approximate surface area is 139 Å². The first kappa shape index (κ1) is 14.9. The van der Waals surface area contributed by atoms with Crippen molar-refractivity contribution in [3.8, 4) is 0 Å². The fraction of sp³-hybridized carbons (Fsp3) is 0.429. The van der Waals surface area contributed by atoms with Gasteiger partial charge in [-0.15, -0.1) is 0 Å². The van der Waals surface area contributed by atoms with Crippen molar-refractivity contribution >= 4 is 0 Å². The van der Waals surface area contributed by atoms with Gasteiger partial charge in [-0.1, -0.05) is 60.7 Å². The molecule has 23 heavy (non-hydrogen) atoms. The molecule has 0 radical (unpaired) electrons. The molecular weight excluding hydrogens is 280 g/mol. The third-order valence-corrected chi connectivity index (χ3v) is 5.62. The number of fused-ring (bicyclic) bond motifs is 1. The van der Waals surface area contributed by atoms with Crippen LogP contribution in [0.25, 0.3) is 0 Å². The standard InChI is InChI=1S/C21H26N2/c1-22-14-19-15-23(13-18-10-6-3-7-11-18)21(20(19)16-22)12-17-8-4-2-5-9-17/h2-11,19-21H,12-16H2,1H3/t19-,20+,21+/m1/s1. The molecule has 0 bridgehead atoms. The van der Waals surface area contributed by atoms with Crippen molar-refractivity contribution in [1.29, 1.82) is 0 Å². The molecular formula is C21H26N2. The average molecular weight is 306 g/mol. The van der Waals surface area contributed by atoms with Crippen LogP contribution in [-0.4, -0.2) is 42.5 Å². The minimum atomic E-state index is 0.674. The predicted molar refractivity (Wildman–Crippen MR) is 95.3 cm³/mol. The van der Waals surface area contributed by atoms with Crippen LogP contribution in [0, 0.1) is 11.8 Å². The summed E-state index contributed by atoms with van der Waals surface area (Å²) in [6, 6.07) is 22.7. The van der Waals surface area contributed by atoms with Gasteiger partial charge in [0.05, 0.1) is 0 Å². The SMILES string of the molecule is CN1C[C@@H]2CN(Cc3ccccc3)[C@@H](Cc3ccccc3)[C@H]2C1. The summed E-state index contributed by atoms with van der Waals surface area (Å²) in [5.41, 5.74) is 2.92. The zero-order chi connectivity index (χ0) is 15.6. The van der Waals surface area contributed by atoms with Crippen molar-refractivity contribution in [3.63, 3.8) is 0 Å². The normalized spacial score (nSPS) is 28.1. The van der Waals surface area contributed by atoms with Crippen LogP contribution in [0.15, 0.2) is 60.7 Å². The molecule has 2 heteroatoms. The summed E-state index contributed by atoms with van der Waals surface area (Å²) in [4.78, 5) is 5.26. The number of nitrogens with zero attached hydrogens (tertiary/aromatic N) is 2. The maximum Gasteiger partial charge on any atom is 0.0237 e. The Morgan fingerprint density at radius 3 is 2.17 bits per heavy atom. The number of likely N-dealkylation sites (tertiary alicyclic amines) is 2. The largest absolute Gasteiger partial charge is 0.306 e. The van der Waals surface area contributed by atoms with Gasteiger partial charge in [-0.05, 0) is 36.4 Å². The predicted octanol–water partition coefficient (Wildman–Crippen LogP) is 3.29. The lowest BCUT2D eigenvalue weighted by molar-refractivity contribution is 0.196. The zero-order valence-electron chi connectivity index (χ0n) is 13.9. The van der Waals surface area contributed by atoms with E-state index in [0.717, 1.165) is 18.4 Å². The fourth-order valence-corrected chi connectivity index (χ4v) is 4.59. The van der Waals surface area contributed by atoms with Gasteiger partial charge in [-0.3, -0.25) is 4.90 Å². The van der Waals surface area contributed by atoms with Crippen molar-refractivity contribution in [2.45, 2.75) is 19.0 Å². The van der Waals surface area contributed by atoms with E-state index in [0.29, 0.717) is 6.04 Å². The molecule has 2 aromatic carbocycles. The van der Waals surface area contributed by atoms with E-state index in [2.05, 4.69) is 77.5 Å². The summed E-state index contributed by atoms with van der Waals surface area (Å²) in [5, 5.41) is 0. The molecule has 2 fully saturated rings. The van der Waals surface area contributed by atoms with E-state index in [-0.39, 0.29) is 0 Å². The van der Waals surface area contributed by atoms with Crippen LogP contribution in [0.5, 0.6) is 0 Å². The van der Waals surface area contributed by atoms with Gasteiger partial charge in [0.1, 0.15) is 0 Å². The lowest BCUT2D eigenvalue weighted by Gasteiger charge is -2.29. The molecule has 0 amide bonds. The quantitative estimate of drug-likeness (QED) is 0.855. The van der Waals surface area contributed by atoms with Crippen molar-refractivity contribution in [1.82, 2.24) is 9.80 Å². The Morgan fingerprint density at radius 1 is 0.826 bits per heavy atom.